The van der Waals surface area contributed by atoms with E-state index in [4.69, 9.17) is 0 Å². The van der Waals surface area contributed by atoms with Crippen molar-refractivity contribution < 1.29 is 0 Å². The lowest BCUT2D eigenvalue weighted by molar-refractivity contribution is 0.403. The molecule has 0 radical (unpaired) electrons. The summed E-state index contributed by atoms with van der Waals surface area (Å²) in [6.45, 7) is 6.04. The number of hydrogen-bond acceptors (Lipinski definition) is 3. The van der Waals surface area contributed by atoms with E-state index in [-0.39, 0.29) is 0 Å². The molecule has 0 unspecified atom stereocenters. The molecule has 0 aromatic carbocycles. The van der Waals surface area contributed by atoms with Crippen molar-refractivity contribution in [3.8, 4) is 0 Å². The van der Waals surface area contributed by atoms with Gasteiger partial charge < -0.3 is 4.90 Å². The number of hydrogen-bond donors (Lipinski definition) is 0. The Balaban J connectivity index is 3.40. The third-order valence-corrected chi connectivity index (χ3v) is 1.52. The zero-order valence-corrected chi connectivity index (χ0v) is 9.84. The maximum absolute atomic E-state index is 4.01. The summed E-state index contributed by atoms with van der Waals surface area (Å²) >= 11 is 3.20. The number of rotatable bonds is 6. The fraction of sp³-hybridized carbons (Fsp3) is 0.667. The normalized spacial score (nSPS) is 9.54. The molecule has 3 nitrogen and oxygen atoms in total. The zero-order valence-electron chi connectivity index (χ0n) is 8.26. The van der Waals surface area contributed by atoms with Gasteiger partial charge in [0.1, 0.15) is 0 Å². The predicted octanol–water partition coefficient (Wildman–Crippen LogP) is 2.02. The largest absolute Gasteiger partial charge is 0.309 e. The molecule has 0 spiro atoms. The van der Waals surface area contributed by atoms with Crippen LogP contribution >= 0.6 is 15.9 Å². The number of aliphatic imine (C=N–C) groups is 2. The molecule has 0 aromatic rings. The minimum atomic E-state index is 0.553. The fourth-order valence-corrected chi connectivity index (χ4v) is 0.813. The highest BCUT2D eigenvalue weighted by Gasteiger charge is 1.87. The molecule has 0 aliphatic carbocycles. The van der Waals surface area contributed by atoms with Crippen LogP contribution in [0.1, 0.15) is 6.42 Å². The molecule has 0 aliphatic rings. The molecule has 0 aromatic heterocycles. The van der Waals surface area contributed by atoms with Gasteiger partial charge in [-0.15, -0.1) is 0 Å². The molecule has 0 atom stereocenters. The van der Waals surface area contributed by atoms with Gasteiger partial charge in [-0.05, 0) is 27.1 Å². The lowest BCUT2D eigenvalue weighted by Gasteiger charge is -2.05. The summed E-state index contributed by atoms with van der Waals surface area (Å²) in [6.07, 6.45) is 1.05. The van der Waals surface area contributed by atoms with Crippen LogP contribution in [0.25, 0.3) is 0 Å². The maximum atomic E-state index is 4.01. The smallest absolute Gasteiger partial charge is 0.0896 e. The van der Waals surface area contributed by atoms with Crippen molar-refractivity contribution in [1.29, 1.82) is 0 Å². The SMILES string of the molecule is C=C(Br)CN=C=NCCCN(C)C. The summed E-state index contributed by atoms with van der Waals surface area (Å²) in [5.41, 5.74) is 0. The third-order valence-electron chi connectivity index (χ3n) is 1.27. The Kier molecular flexibility index (Phi) is 7.90. The van der Waals surface area contributed by atoms with Gasteiger partial charge in [0.05, 0.1) is 19.1 Å². The molecule has 0 amide bonds. The second-order valence-electron chi connectivity index (χ2n) is 2.97. The van der Waals surface area contributed by atoms with E-state index in [1.54, 1.807) is 0 Å². The molecule has 0 saturated heterocycles. The second kappa shape index (κ2) is 8.17. The summed E-state index contributed by atoms with van der Waals surface area (Å²) in [5.74, 6) is 0. The first kappa shape index (κ1) is 12.6. The molecule has 0 bridgehead atoms. The van der Waals surface area contributed by atoms with Gasteiger partial charge in [0, 0.05) is 4.48 Å². The summed E-state index contributed by atoms with van der Waals surface area (Å²) in [7, 11) is 4.10. The Morgan fingerprint density at radius 1 is 1.46 bits per heavy atom. The van der Waals surface area contributed by atoms with E-state index in [1.807, 2.05) is 14.1 Å². The van der Waals surface area contributed by atoms with E-state index in [1.165, 1.54) is 0 Å². The Morgan fingerprint density at radius 3 is 2.69 bits per heavy atom. The number of nitrogens with zero attached hydrogens (tertiary/aromatic N) is 3. The van der Waals surface area contributed by atoms with Gasteiger partial charge in [0.25, 0.3) is 0 Å². The van der Waals surface area contributed by atoms with Crippen molar-refractivity contribution in [2.75, 3.05) is 33.7 Å². The highest BCUT2D eigenvalue weighted by Crippen LogP contribution is 1.98. The topological polar surface area (TPSA) is 28.0 Å². The van der Waals surface area contributed by atoms with E-state index in [2.05, 4.69) is 43.4 Å². The van der Waals surface area contributed by atoms with E-state index in [9.17, 15) is 0 Å². The molecule has 0 fully saturated rings. The molecule has 74 valence electrons. The van der Waals surface area contributed by atoms with Crippen molar-refractivity contribution in [1.82, 2.24) is 4.90 Å². The minimum Gasteiger partial charge on any atom is -0.309 e. The van der Waals surface area contributed by atoms with Crippen LogP contribution in [0.4, 0.5) is 0 Å². The number of halogens is 1. The minimum absolute atomic E-state index is 0.553. The fourth-order valence-electron chi connectivity index (χ4n) is 0.687. The Bertz CT molecular complexity index is 205. The van der Waals surface area contributed by atoms with Crippen LogP contribution in [0, 0.1) is 0 Å². The molecule has 13 heavy (non-hydrogen) atoms. The Labute approximate surface area is 88.4 Å². The standard InChI is InChI=1S/C9H16BrN3/c1-9(10)7-12-8-11-5-4-6-13(2)3/h1,4-7H2,2-3H3. The van der Waals surface area contributed by atoms with Crippen molar-refractivity contribution in [3.63, 3.8) is 0 Å². The van der Waals surface area contributed by atoms with Gasteiger partial charge in [0.15, 0.2) is 0 Å². The first-order valence-electron chi connectivity index (χ1n) is 4.19. The monoisotopic (exact) mass is 245 g/mol. The Hall–Kier alpha value is -0.440. The van der Waals surface area contributed by atoms with Crippen LogP contribution in [0.3, 0.4) is 0 Å². The van der Waals surface area contributed by atoms with Gasteiger partial charge >= 0.3 is 0 Å². The van der Waals surface area contributed by atoms with Crippen molar-refractivity contribution >= 4 is 21.9 Å². The van der Waals surface area contributed by atoms with Gasteiger partial charge in [-0.25, -0.2) is 9.98 Å². The summed E-state index contributed by atoms with van der Waals surface area (Å²) in [4.78, 5) is 10.1. The van der Waals surface area contributed by atoms with E-state index in [0.717, 1.165) is 24.0 Å². The zero-order chi connectivity index (χ0) is 10.1. The summed E-state index contributed by atoms with van der Waals surface area (Å²) in [6, 6.07) is 2.63. The van der Waals surface area contributed by atoms with Gasteiger partial charge in [-0.2, -0.15) is 0 Å². The van der Waals surface area contributed by atoms with E-state index < -0.39 is 0 Å². The highest BCUT2D eigenvalue weighted by atomic mass is 79.9. The lowest BCUT2D eigenvalue weighted by Crippen LogP contribution is -2.13. The quantitative estimate of drug-likeness (QED) is 0.520. The van der Waals surface area contributed by atoms with Crippen LogP contribution in [0.2, 0.25) is 0 Å². The maximum Gasteiger partial charge on any atom is 0.0896 e. The molecule has 0 aliphatic heterocycles. The molecular formula is C9H16BrN3. The summed E-state index contributed by atoms with van der Waals surface area (Å²) in [5, 5.41) is 0. The molecule has 0 N–H and O–H groups in total. The van der Waals surface area contributed by atoms with Crippen LogP contribution in [0.5, 0.6) is 0 Å². The van der Waals surface area contributed by atoms with Gasteiger partial charge in [-0.3, -0.25) is 0 Å². The predicted molar refractivity (Wildman–Crippen MR) is 60.8 cm³/mol. The second-order valence-corrected chi connectivity index (χ2v) is 4.09. The lowest BCUT2D eigenvalue weighted by atomic mass is 10.4. The highest BCUT2D eigenvalue weighted by molar-refractivity contribution is 9.11. The van der Waals surface area contributed by atoms with Crippen LogP contribution in [-0.2, 0) is 0 Å². The van der Waals surface area contributed by atoms with E-state index in [0.29, 0.717) is 6.54 Å². The third kappa shape index (κ3) is 11.6. The van der Waals surface area contributed by atoms with Gasteiger partial charge in [0.2, 0.25) is 0 Å². The van der Waals surface area contributed by atoms with E-state index >= 15 is 0 Å². The Morgan fingerprint density at radius 2 is 2.15 bits per heavy atom. The van der Waals surface area contributed by atoms with Crippen LogP contribution < -0.4 is 0 Å². The first-order chi connectivity index (χ1) is 6.13. The summed E-state index contributed by atoms with van der Waals surface area (Å²) < 4.78 is 0.850. The molecular weight excluding hydrogens is 230 g/mol. The average molecular weight is 246 g/mol. The van der Waals surface area contributed by atoms with Crippen LogP contribution in [0.15, 0.2) is 21.0 Å². The first-order valence-corrected chi connectivity index (χ1v) is 4.98. The van der Waals surface area contributed by atoms with Crippen LogP contribution in [-0.4, -0.2) is 44.6 Å². The molecule has 0 saturated carbocycles. The molecule has 0 rings (SSSR count). The van der Waals surface area contributed by atoms with Crippen molar-refractivity contribution in [3.05, 3.63) is 11.1 Å². The average Bonchev–Trinajstić information content (AvgIpc) is 2.01. The van der Waals surface area contributed by atoms with Gasteiger partial charge in [-0.1, -0.05) is 22.5 Å². The van der Waals surface area contributed by atoms with Crippen molar-refractivity contribution in [2.24, 2.45) is 9.98 Å². The molecule has 0 heterocycles. The van der Waals surface area contributed by atoms with Crippen molar-refractivity contribution in [2.45, 2.75) is 6.42 Å². The molecule has 4 heteroatoms.